The SMILES string of the molecule is COc1ccc(N)cc1S(=O)(=O)NC1CC(O)C1. The largest absolute Gasteiger partial charge is 0.495 e. The molecule has 6 nitrogen and oxygen atoms in total. The maximum absolute atomic E-state index is 12.1. The molecule has 0 saturated heterocycles. The second kappa shape index (κ2) is 4.75. The molecule has 0 unspecified atom stereocenters. The van der Waals surface area contributed by atoms with E-state index in [-0.39, 0.29) is 16.7 Å². The van der Waals surface area contributed by atoms with Gasteiger partial charge in [0.25, 0.3) is 0 Å². The molecule has 0 aromatic heterocycles. The van der Waals surface area contributed by atoms with E-state index in [0.717, 1.165) is 0 Å². The second-order valence-corrected chi connectivity index (χ2v) is 6.04. The van der Waals surface area contributed by atoms with Gasteiger partial charge >= 0.3 is 0 Å². The highest BCUT2D eigenvalue weighted by Crippen LogP contribution is 2.28. The molecule has 4 N–H and O–H groups in total. The van der Waals surface area contributed by atoms with Crippen molar-refractivity contribution in [3.8, 4) is 5.75 Å². The maximum Gasteiger partial charge on any atom is 0.244 e. The summed E-state index contributed by atoms with van der Waals surface area (Å²) in [5.41, 5.74) is 5.94. The van der Waals surface area contributed by atoms with Crippen molar-refractivity contribution in [3.05, 3.63) is 18.2 Å². The van der Waals surface area contributed by atoms with Crippen LogP contribution in [-0.4, -0.2) is 32.8 Å². The molecule has 0 aliphatic heterocycles. The third kappa shape index (κ3) is 2.58. The third-order valence-corrected chi connectivity index (χ3v) is 4.45. The van der Waals surface area contributed by atoms with Crippen LogP contribution in [0.5, 0.6) is 5.75 Å². The van der Waals surface area contributed by atoms with Crippen LogP contribution in [0.15, 0.2) is 23.1 Å². The number of anilines is 1. The highest BCUT2D eigenvalue weighted by molar-refractivity contribution is 7.89. The predicted molar refractivity (Wildman–Crippen MR) is 66.8 cm³/mol. The van der Waals surface area contributed by atoms with Gasteiger partial charge in [0.05, 0.1) is 13.2 Å². The van der Waals surface area contributed by atoms with Crippen molar-refractivity contribution < 1.29 is 18.3 Å². The van der Waals surface area contributed by atoms with E-state index in [9.17, 15) is 8.42 Å². The highest BCUT2D eigenvalue weighted by Gasteiger charge is 2.32. The third-order valence-electron chi connectivity index (χ3n) is 2.91. The minimum absolute atomic E-state index is 0.0198. The number of nitrogens with two attached hydrogens (primary N) is 1. The molecule has 0 heterocycles. The summed E-state index contributed by atoms with van der Waals surface area (Å²) in [5.74, 6) is 0.247. The van der Waals surface area contributed by atoms with Gasteiger partial charge in [-0.2, -0.15) is 0 Å². The first kappa shape index (κ1) is 13.1. The smallest absolute Gasteiger partial charge is 0.244 e. The summed E-state index contributed by atoms with van der Waals surface area (Å²) in [5, 5.41) is 9.15. The van der Waals surface area contributed by atoms with Crippen LogP contribution in [-0.2, 0) is 10.0 Å². The van der Waals surface area contributed by atoms with E-state index in [2.05, 4.69) is 4.72 Å². The van der Waals surface area contributed by atoms with Gasteiger partial charge in [0.1, 0.15) is 10.6 Å². The van der Waals surface area contributed by atoms with E-state index in [4.69, 9.17) is 15.6 Å². The molecular weight excluding hydrogens is 256 g/mol. The number of methoxy groups -OCH3 is 1. The Morgan fingerprint density at radius 3 is 2.67 bits per heavy atom. The molecule has 1 saturated carbocycles. The van der Waals surface area contributed by atoms with E-state index >= 15 is 0 Å². The number of rotatable bonds is 4. The summed E-state index contributed by atoms with van der Waals surface area (Å²) in [4.78, 5) is 0.0198. The number of hydrogen-bond acceptors (Lipinski definition) is 5. The van der Waals surface area contributed by atoms with Crippen LogP contribution >= 0.6 is 0 Å². The minimum atomic E-state index is -3.68. The molecule has 1 aliphatic rings. The van der Waals surface area contributed by atoms with Crippen molar-refractivity contribution in [2.75, 3.05) is 12.8 Å². The molecule has 7 heteroatoms. The number of sulfonamides is 1. The normalized spacial score (nSPS) is 23.4. The molecule has 1 aromatic rings. The van der Waals surface area contributed by atoms with Crippen molar-refractivity contribution in [1.82, 2.24) is 4.72 Å². The molecule has 1 aliphatic carbocycles. The number of nitrogens with one attached hydrogen (secondary N) is 1. The van der Waals surface area contributed by atoms with Crippen LogP contribution in [0.25, 0.3) is 0 Å². The molecule has 1 aromatic carbocycles. The van der Waals surface area contributed by atoms with Gasteiger partial charge in [-0.1, -0.05) is 0 Å². The van der Waals surface area contributed by atoms with E-state index in [1.54, 1.807) is 6.07 Å². The van der Waals surface area contributed by atoms with Crippen molar-refractivity contribution in [2.24, 2.45) is 0 Å². The van der Waals surface area contributed by atoms with Crippen LogP contribution < -0.4 is 15.2 Å². The number of benzene rings is 1. The zero-order valence-electron chi connectivity index (χ0n) is 9.96. The standard InChI is InChI=1S/C11H16N2O4S/c1-17-10-3-2-7(12)4-11(10)18(15,16)13-8-5-9(14)6-8/h2-4,8-9,13-14H,5-6,12H2,1H3. The van der Waals surface area contributed by atoms with E-state index in [1.165, 1.54) is 19.2 Å². The van der Waals surface area contributed by atoms with Gasteiger partial charge in [0.2, 0.25) is 10.0 Å². The number of ether oxygens (including phenoxy) is 1. The Morgan fingerprint density at radius 1 is 1.44 bits per heavy atom. The Morgan fingerprint density at radius 2 is 2.11 bits per heavy atom. The minimum Gasteiger partial charge on any atom is -0.495 e. The van der Waals surface area contributed by atoms with Crippen LogP contribution in [0, 0.1) is 0 Å². The Labute approximate surface area is 106 Å². The molecule has 2 rings (SSSR count). The topological polar surface area (TPSA) is 102 Å². The average molecular weight is 272 g/mol. The Balaban J connectivity index is 2.26. The highest BCUT2D eigenvalue weighted by atomic mass is 32.2. The monoisotopic (exact) mass is 272 g/mol. The fourth-order valence-electron chi connectivity index (χ4n) is 1.87. The number of aliphatic hydroxyl groups is 1. The summed E-state index contributed by atoms with van der Waals surface area (Å²) >= 11 is 0. The maximum atomic E-state index is 12.1. The molecule has 18 heavy (non-hydrogen) atoms. The van der Waals surface area contributed by atoms with E-state index < -0.39 is 16.1 Å². The summed E-state index contributed by atoms with van der Waals surface area (Å²) in [6.07, 6.45) is 0.453. The lowest BCUT2D eigenvalue weighted by Crippen LogP contribution is -2.46. The van der Waals surface area contributed by atoms with Crippen molar-refractivity contribution in [3.63, 3.8) is 0 Å². The van der Waals surface area contributed by atoms with Crippen molar-refractivity contribution in [1.29, 1.82) is 0 Å². The molecule has 1 fully saturated rings. The van der Waals surface area contributed by atoms with Gasteiger partial charge in [-0.25, -0.2) is 13.1 Å². The fourth-order valence-corrected chi connectivity index (χ4v) is 3.34. The summed E-state index contributed by atoms with van der Waals surface area (Å²) in [7, 11) is -2.27. The predicted octanol–water partition coefficient (Wildman–Crippen LogP) is 0.0790. The summed E-state index contributed by atoms with van der Waals surface area (Å²) in [6, 6.07) is 4.22. The quantitative estimate of drug-likeness (QED) is 0.674. The van der Waals surface area contributed by atoms with Gasteiger partial charge in [0, 0.05) is 11.7 Å². The van der Waals surface area contributed by atoms with Gasteiger partial charge in [0.15, 0.2) is 0 Å². The Kier molecular flexibility index (Phi) is 3.47. The van der Waals surface area contributed by atoms with Crippen LogP contribution in [0.2, 0.25) is 0 Å². The first-order valence-corrected chi connectivity index (χ1v) is 7.04. The number of nitrogen functional groups attached to an aromatic ring is 1. The van der Waals surface area contributed by atoms with E-state index in [0.29, 0.717) is 18.5 Å². The molecule has 0 radical (unpaired) electrons. The summed E-state index contributed by atoms with van der Waals surface area (Å²) in [6.45, 7) is 0. The Bertz CT molecular complexity index is 538. The lowest BCUT2D eigenvalue weighted by Gasteiger charge is -2.31. The first-order valence-electron chi connectivity index (χ1n) is 5.56. The van der Waals surface area contributed by atoms with Gasteiger partial charge in [-0.05, 0) is 31.0 Å². The zero-order valence-corrected chi connectivity index (χ0v) is 10.8. The van der Waals surface area contributed by atoms with Crippen molar-refractivity contribution >= 4 is 15.7 Å². The van der Waals surface area contributed by atoms with Crippen LogP contribution in [0.3, 0.4) is 0 Å². The lowest BCUT2D eigenvalue weighted by atomic mass is 9.91. The number of hydrogen-bond donors (Lipinski definition) is 3. The lowest BCUT2D eigenvalue weighted by molar-refractivity contribution is 0.0712. The average Bonchev–Trinajstić information content (AvgIpc) is 2.26. The molecule has 0 spiro atoms. The first-order chi connectivity index (χ1) is 8.42. The van der Waals surface area contributed by atoms with Gasteiger partial charge in [-0.15, -0.1) is 0 Å². The Hall–Kier alpha value is -1.31. The molecule has 0 bridgehead atoms. The molecule has 0 atom stereocenters. The molecular formula is C11H16N2O4S. The molecule has 0 amide bonds. The van der Waals surface area contributed by atoms with E-state index in [1.807, 2.05) is 0 Å². The zero-order chi connectivity index (χ0) is 13.3. The van der Waals surface area contributed by atoms with Crippen LogP contribution in [0.4, 0.5) is 5.69 Å². The van der Waals surface area contributed by atoms with Crippen molar-refractivity contribution in [2.45, 2.75) is 29.9 Å². The number of aliphatic hydroxyl groups excluding tert-OH is 1. The summed E-state index contributed by atoms with van der Waals surface area (Å²) < 4.78 is 31.8. The fraction of sp³-hybridized carbons (Fsp3) is 0.455. The van der Waals surface area contributed by atoms with Crippen LogP contribution in [0.1, 0.15) is 12.8 Å². The van der Waals surface area contributed by atoms with Gasteiger partial charge in [-0.3, -0.25) is 0 Å². The second-order valence-electron chi connectivity index (χ2n) is 4.35. The van der Waals surface area contributed by atoms with Gasteiger partial charge < -0.3 is 15.6 Å². The molecule has 100 valence electrons.